The molecule has 0 amide bonds. The molecule has 4 saturated carbocycles. The van der Waals surface area contributed by atoms with Crippen LogP contribution in [0.4, 0.5) is 0 Å². The van der Waals surface area contributed by atoms with Crippen molar-refractivity contribution in [3.8, 4) is 0 Å². The van der Waals surface area contributed by atoms with E-state index in [4.69, 9.17) is 9.47 Å². The molecule has 6 aliphatic rings. The zero-order valence-corrected chi connectivity index (χ0v) is 18.2. The van der Waals surface area contributed by atoms with Gasteiger partial charge < -0.3 is 19.8 Å². The number of fused-ring (bicyclic) bond motifs is 9. The molecule has 10 atom stereocenters. The van der Waals surface area contributed by atoms with Gasteiger partial charge in [0.25, 0.3) is 0 Å². The van der Waals surface area contributed by atoms with Gasteiger partial charge in [-0.2, -0.15) is 0 Å². The van der Waals surface area contributed by atoms with Crippen molar-refractivity contribution in [3.05, 3.63) is 23.8 Å². The first-order chi connectivity index (χ1) is 14.6. The van der Waals surface area contributed by atoms with Gasteiger partial charge in [-0.05, 0) is 92.6 Å². The van der Waals surface area contributed by atoms with E-state index in [9.17, 15) is 10.3 Å². The second-order valence-electron chi connectivity index (χ2n) is 10.8. The summed E-state index contributed by atoms with van der Waals surface area (Å²) < 4.78 is 12.3. The largest absolute Gasteiger partial charge is 0.411 e. The molecule has 4 fully saturated rings. The Labute approximate surface area is 179 Å². The van der Waals surface area contributed by atoms with Crippen molar-refractivity contribution >= 4 is 5.71 Å². The van der Waals surface area contributed by atoms with E-state index >= 15 is 0 Å². The van der Waals surface area contributed by atoms with Gasteiger partial charge in [0, 0.05) is 25.0 Å². The fourth-order valence-electron chi connectivity index (χ4n) is 9.21. The van der Waals surface area contributed by atoms with E-state index in [1.54, 1.807) is 7.11 Å². The van der Waals surface area contributed by atoms with Gasteiger partial charge in [0.05, 0.1) is 11.3 Å². The summed E-state index contributed by atoms with van der Waals surface area (Å²) in [6.07, 6.45) is 14.4. The van der Waals surface area contributed by atoms with Gasteiger partial charge in [-0.3, -0.25) is 0 Å². The number of rotatable bonds is 3. The topological polar surface area (TPSA) is 71.3 Å². The van der Waals surface area contributed by atoms with Crippen molar-refractivity contribution in [1.29, 1.82) is 0 Å². The highest BCUT2D eigenvalue weighted by Gasteiger charge is 2.78. The number of ether oxygens (including phenoxy) is 2. The Hall–Kier alpha value is -1.17. The predicted octanol–water partition coefficient (Wildman–Crippen LogP) is 4.15. The first-order valence-corrected chi connectivity index (χ1v) is 12.1. The fraction of sp³-hybridized carbons (Fsp3) is 0.800. The molecule has 5 nitrogen and oxygen atoms in total. The second-order valence-corrected chi connectivity index (χ2v) is 10.8. The van der Waals surface area contributed by atoms with E-state index in [0.29, 0.717) is 29.6 Å². The summed E-state index contributed by atoms with van der Waals surface area (Å²) in [5.41, 5.74) is 2.21. The predicted molar refractivity (Wildman–Crippen MR) is 113 cm³/mol. The van der Waals surface area contributed by atoms with E-state index in [2.05, 4.69) is 30.3 Å². The van der Waals surface area contributed by atoms with Crippen molar-refractivity contribution < 1.29 is 19.8 Å². The Morgan fingerprint density at radius 3 is 2.80 bits per heavy atom. The van der Waals surface area contributed by atoms with Crippen molar-refractivity contribution in [2.75, 3.05) is 13.7 Å². The molecular formula is C25H35NO4. The Kier molecular flexibility index (Phi) is 4.33. The zero-order chi connectivity index (χ0) is 20.7. The molecule has 30 heavy (non-hydrogen) atoms. The van der Waals surface area contributed by atoms with Gasteiger partial charge in [0.15, 0.2) is 6.29 Å². The Bertz CT molecular complexity index is 820. The zero-order valence-electron chi connectivity index (χ0n) is 18.2. The van der Waals surface area contributed by atoms with Gasteiger partial charge in [0.1, 0.15) is 0 Å². The highest BCUT2D eigenvalue weighted by atomic mass is 16.7. The standard InChI is InChI=1S/C25H35NO4/c1-3-24-8-6-17-16-5-4-15(26-28)11-18(16)14(13-27)10-19(17)23(24)20-12-21(20)25(24)9-7-22(29-2)30-25/h7,9,11,14,16-17,19-23,27-28H,3-6,8,10,12-13H2,1-2H3/b26-15+/t14-,16-,17?,19?,20-,21+,22?,23?,24+,25+/m1/s1. The maximum Gasteiger partial charge on any atom is 0.177 e. The van der Waals surface area contributed by atoms with Crippen molar-refractivity contribution in [2.24, 2.45) is 52.0 Å². The van der Waals surface area contributed by atoms with Crippen molar-refractivity contribution in [1.82, 2.24) is 0 Å². The van der Waals surface area contributed by atoms with Crippen LogP contribution < -0.4 is 0 Å². The number of aliphatic hydroxyl groups is 1. The van der Waals surface area contributed by atoms with E-state index in [1.165, 1.54) is 24.8 Å². The third-order valence-corrected chi connectivity index (χ3v) is 10.2. The molecule has 0 bridgehead atoms. The summed E-state index contributed by atoms with van der Waals surface area (Å²) in [5, 5.41) is 23.1. The lowest BCUT2D eigenvalue weighted by Gasteiger charge is -2.59. The van der Waals surface area contributed by atoms with Crippen molar-refractivity contribution in [2.45, 2.75) is 63.8 Å². The lowest BCUT2D eigenvalue weighted by atomic mass is 9.46. The average Bonchev–Trinajstić information content (AvgIpc) is 3.40. The Morgan fingerprint density at radius 2 is 2.10 bits per heavy atom. The molecule has 5 aliphatic carbocycles. The Morgan fingerprint density at radius 1 is 1.23 bits per heavy atom. The van der Waals surface area contributed by atoms with Gasteiger partial charge in [0.2, 0.25) is 0 Å². The number of hydrogen-bond donors (Lipinski definition) is 2. The first-order valence-electron chi connectivity index (χ1n) is 12.1. The molecular weight excluding hydrogens is 378 g/mol. The number of aliphatic hydroxyl groups excluding tert-OH is 1. The lowest BCUT2D eigenvalue weighted by Crippen LogP contribution is -2.57. The lowest BCUT2D eigenvalue weighted by molar-refractivity contribution is -0.211. The summed E-state index contributed by atoms with van der Waals surface area (Å²) >= 11 is 0. The van der Waals surface area contributed by atoms with Gasteiger partial charge in [-0.25, -0.2) is 0 Å². The normalized spacial score (nSPS) is 54.5. The monoisotopic (exact) mass is 413 g/mol. The molecule has 1 heterocycles. The molecule has 4 unspecified atom stereocenters. The number of allylic oxidation sites excluding steroid dienone is 1. The maximum atomic E-state index is 10.3. The van der Waals surface area contributed by atoms with Gasteiger partial charge in [-0.1, -0.05) is 23.7 Å². The molecule has 164 valence electrons. The highest BCUT2D eigenvalue weighted by molar-refractivity contribution is 5.96. The van der Waals surface area contributed by atoms with Crippen LogP contribution in [0.3, 0.4) is 0 Å². The number of methoxy groups -OCH3 is 1. The number of hydrogen-bond acceptors (Lipinski definition) is 5. The molecule has 5 heteroatoms. The van der Waals surface area contributed by atoms with Crippen molar-refractivity contribution in [3.63, 3.8) is 0 Å². The number of oxime groups is 1. The van der Waals surface area contributed by atoms with E-state index in [0.717, 1.165) is 37.3 Å². The molecule has 0 aromatic heterocycles. The molecule has 0 aromatic rings. The smallest absolute Gasteiger partial charge is 0.177 e. The molecule has 6 rings (SSSR count). The minimum Gasteiger partial charge on any atom is -0.411 e. The third-order valence-electron chi connectivity index (χ3n) is 10.2. The van der Waals surface area contributed by atoms with E-state index in [1.807, 2.05) is 0 Å². The summed E-state index contributed by atoms with van der Waals surface area (Å²) in [6.45, 7) is 2.58. The van der Waals surface area contributed by atoms with E-state index in [-0.39, 0.29) is 29.8 Å². The summed E-state index contributed by atoms with van der Waals surface area (Å²) in [4.78, 5) is 0. The third kappa shape index (κ3) is 2.27. The van der Waals surface area contributed by atoms with Crippen LogP contribution >= 0.6 is 0 Å². The molecule has 0 aromatic carbocycles. The van der Waals surface area contributed by atoms with Crippen LogP contribution in [0, 0.1) is 46.8 Å². The summed E-state index contributed by atoms with van der Waals surface area (Å²) in [7, 11) is 1.74. The summed E-state index contributed by atoms with van der Waals surface area (Å²) in [6, 6.07) is 0. The molecule has 2 N–H and O–H groups in total. The van der Waals surface area contributed by atoms with Crippen LogP contribution in [-0.4, -0.2) is 41.6 Å². The molecule has 0 saturated heterocycles. The second kappa shape index (κ2) is 6.66. The quantitative estimate of drug-likeness (QED) is 0.414. The van der Waals surface area contributed by atoms with Crippen LogP contribution in [0.25, 0.3) is 0 Å². The Balaban J connectivity index is 1.39. The fourth-order valence-corrected chi connectivity index (χ4v) is 9.21. The van der Waals surface area contributed by atoms with Crippen LogP contribution in [-0.2, 0) is 9.47 Å². The van der Waals surface area contributed by atoms with Crippen LogP contribution in [0.15, 0.2) is 29.0 Å². The maximum absolute atomic E-state index is 10.3. The minimum absolute atomic E-state index is 0.142. The number of nitrogens with zero attached hydrogens (tertiary/aromatic N) is 1. The van der Waals surface area contributed by atoms with Crippen LogP contribution in [0.5, 0.6) is 0 Å². The van der Waals surface area contributed by atoms with Gasteiger partial charge in [-0.15, -0.1) is 0 Å². The summed E-state index contributed by atoms with van der Waals surface area (Å²) in [5.74, 6) is 4.21. The molecule has 1 aliphatic heterocycles. The average molecular weight is 414 g/mol. The highest BCUT2D eigenvalue weighted by Crippen LogP contribution is 2.79. The minimum atomic E-state index is -0.202. The SMILES string of the molecule is CC[C@]12CCC3C(C[C@H](CO)C4=C/C(=N/O)CC[C@@H]43)C1[C@@H]1C[C@@H]1[C@@]21C=CC(OC)O1. The van der Waals surface area contributed by atoms with Crippen LogP contribution in [0.1, 0.15) is 51.9 Å². The van der Waals surface area contributed by atoms with E-state index < -0.39 is 0 Å². The molecule has 1 spiro atoms. The van der Waals surface area contributed by atoms with Crippen LogP contribution in [0.2, 0.25) is 0 Å². The molecule has 0 radical (unpaired) electrons. The first kappa shape index (κ1) is 19.5. The van der Waals surface area contributed by atoms with Gasteiger partial charge >= 0.3 is 0 Å².